The zero-order valence-electron chi connectivity index (χ0n) is 26.4. The Bertz CT molecular complexity index is 1990. The highest BCUT2D eigenvalue weighted by molar-refractivity contribution is 5.88. The van der Waals surface area contributed by atoms with Crippen LogP contribution in [0.2, 0.25) is 0 Å². The topological polar surface area (TPSA) is 73.9 Å². The van der Waals surface area contributed by atoms with Crippen LogP contribution in [0.3, 0.4) is 0 Å². The number of hydrogen-bond acceptors (Lipinski definition) is 5. The minimum atomic E-state index is -0.958. The lowest BCUT2D eigenvalue weighted by molar-refractivity contribution is -0.147. The summed E-state index contributed by atoms with van der Waals surface area (Å²) in [5, 5.41) is 4.89. The van der Waals surface area contributed by atoms with Crippen molar-refractivity contribution in [3.63, 3.8) is 0 Å². The molecule has 0 aliphatic heterocycles. The van der Waals surface area contributed by atoms with E-state index in [2.05, 4.69) is 29.6 Å². The third-order valence-corrected chi connectivity index (χ3v) is 8.78. The summed E-state index contributed by atoms with van der Waals surface area (Å²) in [6, 6.07) is 46.7. The van der Waals surface area contributed by atoms with Crippen LogP contribution >= 0.6 is 0 Å². The van der Waals surface area contributed by atoms with Gasteiger partial charge in [-0.1, -0.05) is 133 Å². The molecule has 1 aliphatic carbocycles. The molecule has 0 saturated heterocycles. The van der Waals surface area contributed by atoms with Gasteiger partial charge in [-0.15, -0.1) is 0 Å². The van der Waals surface area contributed by atoms with Gasteiger partial charge in [0.25, 0.3) is 0 Å². The van der Waals surface area contributed by atoms with E-state index in [-0.39, 0.29) is 25.6 Å². The summed E-state index contributed by atoms with van der Waals surface area (Å²) in [6.45, 7) is 0.664. The van der Waals surface area contributed by atoms with Crippen molar-refractivity contribution in [2.45, 2.75) is 31.6 Å². The van der Waals surface area contributed by atoms with Crippen LogP contribution in [0.25, 0.3) is 21.9 Å². The van der Waals surface area contributed by atoms with Crippen molar-refractivity contribution < 1.29 is 23.8 Å². The number of carbonyl (C=O) groups excluding carboxylic acids is 2. The summed E-state index contributed by atoms with van der Waals surface area (Å²) in [7, 11) is 0. The molecule has 0 unspecified atom stereocenters. The summed E-state index contributed by atoms with van der Waals surface area (Å²) < 4.78 is 17.5. The predicted molar refractivity (Wildman–Crippen MR) is 187 cm³/mol. The van der Waals surface area contributed by atoms with Gasteiger partial charge in [0.05, 0.1) is 0 Å². The highest BCUT2D eigenvalue weighted by atomic mass is 16.6. The number of carbonyl (C=O) groups is 2. The van der Waals surface area contributed by atoms with Crippen molar-refractivity contribution in [1.29, 1.82) is 0 Å². The Kier molecular flexibility index (Phi) is 9.14. The van der Waals surface area contributed by atoms with Gasteiger partial charge >= 0.3 is 12.1 Å². The second-order valence-corrected chi connectivity index (χ2v) is 11.9. The van der Waals surface area contributed by atoms with Crippen LogP contribution in [0, 0.1) is 0 Å². The Morgan fingerprint density at radius 1 is 0.604 bits per heavy atom. The second-order valence-electron chi connectivity index (χ2n) is 11.9. The highest BCUT2D eigenvalue weighted by Gasteiger charge is 2.30. The Morgan fingerprint density at radius 3 is 1.98 bits per heavy atom. The largest absolute Gasteiger partial charge is 0.489 e. The molecule has 6 aromatic rings. The first-order valence-electron chi connectivity index (χ1n) is 16.1. The van der Waals surface area contributed by atoms with Gasteiger partial charge in [-0.2, -0.15) is 0 Å². The zero-order chi connectivity index (χ0) is 32.7. The number of hydrogen-bond donors (Lipinski definition) is 1. The minimum absolute atomic E-state index is 0.0518. The molecule has 48 heavy (non-hydrogen) atoms. The number of rotatable bonds is 11. The molecular weight excluding hydrogens is 598 g/mol. The van der Waals surface area contributed by atoms with Gasteiger partial charge in [-0.25, -0.2) is 9.59 Å². The van der Waals surface area contributed by atoms with E-state index in [1.807, 2.05) is 121 Å². The van der Waals surface area contributed by atoms with E-state index in [1.165, 1.54) is 0 Å². The summed E-state index contributed by atoms with van der Waals surface area (Å²) in [6.07, 6.45) is -0.421. The van der Waals surface area contributed by atoms with Crippen LogP contribution in [-0.2, 0) is 33.9 Å². The maximum atomic E-state index is 13.6. The fourth-order valence-corrected chi connectivity index (χ4v) is 6.34. The monoisotopic (exact) mass is 633 g/mol. The summed E-state index contributed by atoms with van der Waals surface area (Å²) in [5.74, 6) is 0.0896. The van der Waals surface area contributed by atoms with Gasteiger partial charge in [0.15, 0.2) is 0 Å². The molecule has 0 heterocycles. The molecule has 0 aromatic heterocycles. The number of esters is 1. The average Bonchev–Trinajstić information content (AvgIpc) is 3.46. The van der Waals surface area contributed by atoms with E-state index in [1.54, 1.807) is 0 Å². The summed E-state index contributed by atoms with van der Waals surface area (Å²) >= 11 is 0. The number of benzene rings is 6. The van der Waals surface area contributed by atoms with Gasteiger partial charge in [0.2, 0.25) is 0 Å². The molecule has 0 radical (unpaired) electrons. The maximum Gasteiger partial charge on any atom is 0.407 e. The van der Waals surface area contributed by atoms with Crippen molar-refractivity contribution >= 4 is 22.8 Å². The highest BCUT2D eigenvalue weighted by Crippen LogP contribution is 2.44. The lowest BCUT2D eigenvalue weighted by Crippen LogP contribution is -2.44. The summed E-state index contributed by atoms with van der Waals surface area (Å²) in [4.78, 5) is 26.9. The Balaban J connectivity index is 1.03. The van der Waals surface area contributed by atoms with Crippen LogP contribution < -0.4 is 10.1 Å². The van der Waals surface area contributed by atoms with Crippen molar-refractivity contribution in [2.75, 3.05) is 6.61 Å². The van der Waals surface area contributed by atoms with E-state index in [0.717, 1.165) is 55.5 Å². The van der Waals surface area contributed by atoms with E-state index in [0.29, 0.717) is 6.61 Å². The molecule has 0 bridgehead atoms. The Labute approximate surface area is 279 Å². The quantitative estimate of drug-likeness (QED) is 0.145. The van der Waals surface area contributed by atoms with Crippen LogP contribution in [0.4, 0.5) is 4.79 Å². The van der Waals surface area contributed by atoms with Gasteiger partial charge in [0.1, 0.15) is 31.6 Å². The molecular formula is C42H35NO5. The molecule has 0 fully saturated rings. The third kappa shape index (κ3) is 6.93. The van der Waals surface area contributed by atoms with Crippen molar-refractivity contribution in [3.05, 3.63) is 173 Å². The number of fused-ring (bicyclic) bond motifs is 4. The fraction of sp³-hybridized carbons (Fsp3) is 0.143. The standard InChI is InChI=1S/C42H35NO5/c44-41(47-27-30-21-23-33(24-22-30)46-26-29-11-2-1-3-12-29)40(25-32-15-10-14-31-13-4-5-16-34(31)32)43-42(45)48-28-39-37-19-8-6-17-35(37)36-18-7-9-20-38(36)39/h1-24,39-40H,25-28H2,(H,43,45)/t40-/m0/s1. The van der Waals surface area contributed by atoms with Crippen LogP contribution in [0.15, 0.2) is 146 Å². The van der Waals surface area contributed by atoms with Crippen molar-refractivity contribution in [3.8, 4) is 16.9 Å². The summed E-state index contributed by atoms with van der Waals surface area (Å²) in [5.41, 5.74) is 7.35. The second kappa shape index (κ2) is 14.3. The first kappa shape index (κ1) is 30.8. The van der Waals surface area contributed by atoms with Crippen LogP contribution in [0.1, 0.15) is 33.7 Å². The Hall–Kier alpha value is -5.88. The Morgan fingerprint density at radius 2 is 1.23 bits per heavy atom. The molecule has 7 rings (SSSR count). The van der Waals surface area contributed by atoms with E-state index in [9.17, 15) is 9.59 Å². The van der Waals surface area contributed by atoms with Crippen LogP contribution in [0.5, 0.6) is 5.75 Å². The zero-order valence-corrected chi connectivity index (χ0v) is 26.4. The third-order valence-electron chi connectivity index (χ3n) is 8.78. The van der Waals surface area contributed by atoms with E-state index < -0.39 is 18.1 Å². The minimum Gasteiger partial charge on any atom is -0.489 e. The fourth-order valence-electron chi connectivity index (χ4n) is 6.34. The van der Waals surface area contributed by atoms with Crippen LogP contribution in [-0.4, -0.2) is 24.7 Å². The van der Waals surface area contributed by atoms with Gasteiger partial charge < -0.3 is 19.5 Å². The molecule has 6 heteroatoms. The predicted octanol–water partition coefficient (Wildman–Crippen LogP) is 8.61. The molecule has 6 nitrogen and oxygen atoms in total. The SMILES string of the molecule is O=C(N[C@@H](Cc1cccc2ccccc12)C(=O)OCc1ccc(OCc2ccccc2)cc1)OCC1c2ccccc2-c2ccccc21. The van der Waals surface area contributed by atoms with E-state index in [4.69, 9.17) is 14.2 Å². The first-order valence-corrected chi connectivity index (χ1v) is 16.1. The average molecular weight is 634 g/mol. The number of nitrogens with one attached hydrogen (secondary N) is 1. The van der Waals surface area contributed by atoms with Gasteiger partial charge in [-0.3, -0.25) is 0 Å². The molecule has 238 valence electrons. The molecule has 0 saturated carbocycles. The van der Waals surface area contributed by atoms with E-state index >= 15 is 0 Å². The molecule has 1 atom stereocenters. The maximum absolute atomic E-state index is 13.6. The molecule has 1 amide bonds. The normalized spacial score (nSPS) is 12.5. The molecule has 1 aliphatic rings. The molecule has 1 N–H and O–H groups in total. The van der Waals surface area contributed by atoms with Crippen molar-refractivity contribution in [2.24, 2.45) is 0 Å². The number of alkyl carbamates (subject to hydrolysis) is 1. The van der Waals surface area contributed by atoms with Gasteiger partial charge in [-0.05, 0) is 61.8 Å². The molecule has 6 aromatic carbocycles. The van der Waals surface area contributed by atoms with Crippen molar-refractivity contribution in [1.82, 2.24) is 5.32 Å². The number of amides is 1. The smallest absolute Gasteiger partial charge is 0.407 e. The lowest BCUT2D eigenvalue weighted by atomic mass is 9.98. The first-order chi connectivity index (χ1) is 23.6. The number of ether oxygens (including phenoxy) is 3. The van der Waals surface area contributed by atoms with Gasteiger partial charge in [0, 0.05) is 12.3 Å². The lowest BCUT2D eigenvalue weighted by Gasteiger charge is -2.20. The molecule has 0 spiro atoms.